The van der Waals surface area contributed by atoms with Crippen LogP contribution >= 0.6 is 15.6 Å². The van der Waals surface area contributed by atoms with Crippen molar-refractivity contribution in [1.29, 1.82) is 0 Å². The molecule has 13 nitrogen and oxygen atoms in total. The summed E-state index contributed by atoms with van der Waals surface area (Å²) in [5.74, 6) is -2.52. The van der Waals surface area contributed by atoms with E-state index < -0.39 is 63.2 Å². The maximum absolute atomic E-state index is 13.3. The molecular weight excluding hydrogens is 1030 g/mol. The quantitative estimate of drug-likeness (QED) is 0.0398. The maximum atomic E-state index is 13.3. The second kappa shape index (κ2) is 22.4. The van der Waals surface area contributed by atoms with E-state index in [0.29, 0.717) is 19.5 Å². The van der Waals surface area contributed by atoms with Gasteiger partial charge in [-0.05, 0) is 74.8 Å². The third-order valence-electron chi connectivity index (χ3n) is 9.25. The molecule has 0 spiro atoms. The number of alkyl carbamates (subject to hydrolysis) is 1. The molecule has 0 aliphatic carbocycles. The molecule has 4 rings (SSSR count). The molecule has 2 aromatic carbocycles. The van der Waals surface area contributed by atoms with Gasteiger partial charge in [0.2, 0.25) is 17.7 Å². The van der Waals surface area contributed by atoms with E-state index in [9.17, 15) is 74.3 Å². The Morgan fingerprint density at radius 1 is 0.569 bits per heavy atom. The molecule has 0 saturated carbocycles. The first-order valence-corrected chi connectivity index (χ1v) is 25.7. The van der Waals surface area contributed by atoms with Crippen molar-refractivity contribution in [3.63, 3.8) is 0 Å². The minimum absolute atomic E-state index is 0.0619. The van der Waals surface area contributed by atoms with Crippen LogP contribution in [0.2, 0.25) is 0 Å². The average molecular weight is 1080 g/mol. The monoisotopic (exact) mass is 1080 g/mol. The summed E-state index contributed by atoms with van der Waals surface area (Å²) in [6, 6.07) is 20.4. The van der Waals surface area contributed by atoms with Gasteiger partial charge in [0.1, 0.15) is 23.7 Å². The van der Waals surface area contributed by atoms with E-state index in [1.54, 1.807) is 53.7 Å². The molecule has 4 aromatic rings. The zero-order valence-corrected chi connectivity index (χ0v) is 42.0. The molecule has 0 radical (unpaired) electrons. The second-order valence-corrected chi connectivity index (χ2v) is 22.1. The van der Waals surface area contributed by atoms with E-state index in [4.69, 9.17) is 9.84 Å². The number of halogens is 12. The van der Waals surface area contributed by atoms with Crippen molar-refractivity contribution in [2.45, 2.75) is 105 Å². The molecule has 0 bridgehead atoms. The summed E-state index contributed by atoms with van der Waals surface area (Å²) in [7, 11) is -21.3. The van der Waals surface area contributed by atoms with Crippen LogP contribution in [0, 0.1) is 11.8 Å². The van der Waals surface area contributed by atoms with Gasteiger partial charge in [0.05, 0.1) is 5.56 Å². The number of aromatic nitrogens is 2. The number of carbonyl (C=O) groups excluding carboxylic acids is 4. The first kappa shape index (κ1) is 62.0. The summed E-state index contributed by atoms with van der Waals surface area (Å²) in [5, 5.41) is 20.1. The van der Waals surface area contributed by atoms with E-state index >= 15 is 0 Å². The summed E-state index contributed by atoms with van der Waals surface area (Å²) in [4.78, 5) is 63.2. The van der Waals surface area contributed by atoms with Gasteiger partial charge in [-0.2, -0.15) is 0 Å². The predicted octanol–water partition coefficient (Wildman–Crippen LogP) is 11.7. The van der Waals surface area contributed by atoms with E-state index in [1.807, 2.05) is 79.6 Å². The number of carboxylic acids is 1. The summed E-state index contributed by atoms with van der Waals surface area (Å²) in [6.45, 7) is 15.8. The van der Waals surface area contributed by atoms with E-state index in [-0.39, 0.29) is 29.9 Å². The fourth-order valence-electron chi connectivity index (χ4n) is 6.10. The molecule has 0 unspecified atom stereocenters. The van der Waals surface area contributed by atoms with Gasteiger partial charge in [-0.3, -0.25) is 14.4 Å². The van der Waals surface area contributed by atoms with Crippen molar-refractivity contribution < 1.29 is 93.3 Å². The number of aromatic carboxylic acids is 1. The molecule has 3 atom stereocenters. The summed E-state index contributed by atoms with van der Waals surface area (Å²) in [5.41, 5.74) is 4.70. The van der Waals surface area contributed by atoms with Crippen LogP contribution in [0.15, 0.2) is 97.6 Å². The summed E-state index contributed by atoms with van der Waals surface area (Å²) >= 11 is 0. The zero-order chi connectivity index (χ0) is 55.4. The second-order valence-electron chi connectivity index (χ2n) is 18.3. The first-order chi connectivity index (χ1) is 32.3. The van der Waals surface area contributed by atoms with E-state index in [2.05, 4.69) is 50.1 Å². The molecule has 0 aliphatic heterocycles. The predicted molar refractivity (Wildman–Crippen MR) is 246 cm³/mol. The topological polar surface area (TPSA) is 171 Å². The number of nitrogens with zero attached hydrogens (tertiary/aromatic N) is 2. The van der Waals surface area contributed by atoms with Gasteiger partial charge in [0.25, 0.3) is 0 Å². The van der Waals surface area contributed by atoms with Crippen LogP contribution in [-0.4, -0.2) is 58.6 Å². The molecule has 404 valence electrons. The number of amides is 4. The molecule has 5 N–H and O–H groups in total. The van der Waals surface area contributed by atoms with Gasteiger partial charge in [0, 0.05) is 41.9 Å². The Hall–Kier alpha value is -6.09. The number of rotatable bonds is 17. The van der Waals surface area contributed by atoms with Crippen molar-refractivity contribution in [2.75, 3.05) is 0 Å². The molecule has 27 heteroatoms. The fourth-order valence-corrected chi connectivity index (χ4v) is 6.10. The van der Waals surface area contributed by atoms with Gasteiger partial charge in [-0.1, -0.05) is 64.1 Å². The van der Waals surface area contributed by atoms with Gasteiger partial charge in [0.15, 0.2) is 37.9 Å². The first-order valence-electron chi connectivity index (χ1n) is 21.7. The molecule has 2 aromatic heterocycles. The number of benzene rings is 2. The van der Waals surface area contributed by atoms with Crippen LogP contribution in [0.4, 0.5) is 55.2 Å². The number of nitrogens with one attached hydrogen (secondary N) is 4. The molecule has 0 fully saturated rings. The molecule has 2 heterocycles. The molecule has 72 heavy (non-hydrogen) atoms. The number of carbonyl (C=O) groups is 5. The Morgan fingerprint density at radius 3 is 1.32 bits per heavy atom. The minimum atomic E-state index is -10.7. The SMILES string of the molecule is CC(C)C[C@H](NC(=O)[C@@H](NC(=O)OC(C)(C)C)C(C)C)C(=O)N[C@@H](C)C(=O)NCc1ccc(C[n+]2ccc(-c3cc[n+](Cc4ccc(C(=O)O)cc4)cc3)cc2)cc1.F[P-](F)(F)(F)(F)F.F[P-](F)(F)(F)(F)F. The van der Waals surface area contributed by atoms with E-state index in [1.165, 1.54) is 0 Å². The zero-order valence-electron chi connectivity index (χ0n) is 40.2. The van der Waals surface area contributed by atoms with Crippen molar-refractivity contribution in [1.82, 2.24) is 21.3 Å². The fraction of sp³-hybridized carbons (Fsp3) is 0.400. The standard InChI is InChI=1S/C45H56N6O7.2F6P/c1-29(2)25-38(48-42(54)39(30(3)4)49-44(57)58-45(6,7)8)41(53)47-31(5)40(52)46-26-32-9-11-33(12-10-32)27-50-21-17-35(18-22-50)36-19-23-51(24-20-36)28-34-13-15-37(16-14-34)43(55)56;2*1-7(2,3,4,5)6/h9-24,29-31,38-39H,25-28H2,1-8H3,(H3-2,46,47,48,49,52,53,54,55,56,57);;/q;2*-1/p+2/t31-,38-,39-;;/m0../s1. The number of pyridine rings is 2. The average Bonchev–Trinajstić information content (AvgIpc) is 3.19. The summed E-state index contributed by atoms with van der Waals surface area (Å²) < 4.78 is 128. The number of carboxylic acid groups (broad SMARTS) is 1. The Balaban J connectivity index is 0.00000111. The Morgan fingerprint density at radius 2 is 0.958 bits per heavy atom. The third kappa shape index (κ3) is 29.9. The van der Waals surface area contributed by atoms with Crippen molar-refractivity contribution in [3.8, 4) is 11.1 Å². The van der Waals surface area contributed by atoms with Crippen LogP contribution in [-0.2, 0) is 38.8 Å². The number of hydrogen-bond donors (Lipinski definition) is 5. The van der Waals surface area contributed by atoms with Gasteiger partial charge < -0.3 is 31.1 Å². The number of hydrogen-bond acceptors (Lipinski definition) is 6. The molecule has 4 amide bonds. The molecule has 0 aliphatic rings. The van der Waals surface area contributed by atoms with Crippen LogP contribution in [0.3, 0.4) is 0 Å². The van der Waals surface area contributed by atoms with Gasteiger partial charge in [-0.15, -0.1) is 0 Å². The molecule has 0 saturated heterocycles. The Kier molecular flexibility index (Phi) is 19.3. The van der Waals surface area contributed by atoms with Crippen LogP contribution < -0.4 is 30.4 Å². The van der Waals surface area contributed by atoms with Crippen LogP contribution in [0.25, 0.3) is 11.1 Å². The van der Waals surface area contributed by atoms with Gasteiger partial charge in [-0.25, -0.2) is 18.7 Å². The third-order valence-corrected chi connectivity index (χ3v) is 9.25. The van der Waals surface area contributed by atoms with Crippen molar-refractivity contribution >= 4 is 45.4 Å². The summed E-state index contributed by atoms with van der Waals surface area (Å²) in [6.07, 6.45) is 7.69. The Labute approximate surface area is 407 Å². The van der Waals surface area contributed by atoms with Crippen molar-refractivity contribution in [3.05, 3.63) is 120 Å². The van der Waals surface area contributed by atoms with Crippen LogP contribution in [0.5, 0.6) is 0 Å². The van der Waals surface area contributed by atoms with Crippen LogP contribution in [0.1, 0.15) is 88.9 Å². The molecular formula is C45H58F12N6O7P2. The normalized spacial score (nSPS) is 14.9. The number of ether oxygens (including phenoxy) is 1. The van der Waals surface area contributed by atoms with E-state index in [0.717, 1.165) is 27.8 Å². The van der Waals surface area contributed by atoms with Gasteiger partial charge >= 0.3 is 78.0 Å². The van der Waals surface area contributed by atoms with Crippen molar-refractivity contribution in [2.24, 2.45) is 11.8 Å². The Bertz CT molecular complexity index is 2450.